The minimum Gasteiger partial charge on any atom is -0.326 e. The lowest BCUT2D eigenvalue weighted by molar-refractivity contribution is 0.627. The van der Waals surface area contributed by atoms with E-state index in [0.29, 0.717) is 12.4 Å². The van der Waals surface area contributed by atoms with Crippen LogP contribution < -0.4 is 5.73 Å². The Bertz CT molecular complexity index is 427. The number of hydrogen-bond donors (Lipinski definition) is 1. The van der Waals surface area contributed by atoms with Crippen molar-refractivity contribution < 1.29 is 4.39 Å². The molecule has 86 valence electrons. The lowest BCUT2D eigenvalue weighted by atomic mass is 10.3. The van der Waals surface area contributed by atoms with Gasteiger partial charge in [-0.1, -0.05) is 6.07 Å². The molecule has 0 spiro atoms. The highest BCUT2D eigenvalue weighted by Gasteiger charge is 2.00. The molecule has 0 unspecified atom stereocenters. The Morgan fingerprint density at radius 3 is 2.56 bits per heavy atom. The van der Waals surface area contributed by atoms with Crippen molar-refractivity contribution in [1.82, 2.24) is 14.8 Å². The molecule has 2 rings (SSSR count). The van der Waals surface area contributed by atoms with Crippen LogP contribution in [-0.4, -0.2) is 21.1 Å². The van der Waals surface area contributed by atoms with Crippen LogP contribution in [0.5, 0.6) is 0 Å². The molecule has 2 heterocycles. The maximum absolute atomic E-state index is 12.6. The van der Waals surface area contributed by atoms with E-state index in [4.69, 9.17) is 5.73 Å². The first-order valence-corrected chi connectivity index (χ1v) is 5.28. The summed E-state index contributed by atoms with van der Waals surface area (Å²) in [5.41, 5.74) is 6.35. The second-order valence-corrected chi connectivity index (χ2v) is 2.83. The van der Waals surface area contributed by atoms with Crippen molar-refractivity contribution in [3.05, 3.63) is 42.1 Å². The maximum Gasteiger partial charge on any atom is 0.161 e. The van der Waals surface area contributed by atoms with Gasteiger partial charge in [-0.3, -0.25) is 0 Å². The molecular weight excluding hydrogens is 231 g/mol. The van der Waals surface area contributed by atoms with E-state index in [1.54, 1.807) is 12.3 Å². The zero-order valence-corrected chi connectivity index (χ0v) is 9.52. The standard InChI is InChI=1S/C9H9FN4.CH3Cl/c10-8-5-13-14(6-8)9-2-1-7(3-11)4-12-9;1-2/h1-2,4-6H,3,11H2;1H3. The Morgan fingerprint density at radius 1 is 1.38 bits per heavy atom. The molecule has 0 radical (unpaired) electrons. The van der Waals surface area contributed by atoms with E-state index in [2.05, 4.69) is 21.7 Å². The van der Waals surface area contributed by atoms with Gasteiger partial charge in [-0.25, -0.2) is 14.1 Å². The second-order valence-electron chi connectivity index (χ2n) is 2.83. The van der Waals surface area contributed by atoms with Gasteiger partial charge in [0.25, 0.3) is 0 Å². The first kappa shape index (κ1) is 12.6. The van der Waals surface area contributed by atoms with Gasteiger partial charge in [0.2, 0.25) is 0 Å². The van der Waals surface area contributed by atoms with Crippen molar-refractivity contribution in [2.24, 2.45) is 5.73 Å². The summed E-state index contributed by atoms with van der Waals surface area (Å²) in [6.07, 6.45) is 5.53. The number of hydrogen-bond acceptors (Lipinski definition) is 3. The summed E-state index contributed by atoms with van der Waals surface area (Å²) in [7, 11) is 0. The van der Waals surface area contributed by atoms with Gasteiger partial charge in [-0.2, -0.15) is 5.10 Å². The fourth-order valence-corrected chi connectivity index (χ4v) is 1.10. The SMILES string of the molecule is CCl.NCc1ccc(-n2cc(F)cn2)nc1. The highest BCUT2D eigenvalue weighted by atomic mass is 35.5. The smallest absolute Gasteiger partial charge is 0.161 e. The average Bonchev–Trinajstić information content (AvgIpc) is 2.79. The minimum atomic E-state index is -0.380. The summed E-state index contributed by atoms with van der Waals surface area (Å²) < 4.78 is 14.0. The third-order valence-corrected chi connectivity index (χ3v) is 1.83. The van der Waals surface area contributed by atoms with Crippen molar-refractivity contribution >= 4 is 11.6 Å². The fourth-order valence-electron chi connectivity index (χ4n) is 1.10. The number of pyridine rings is 1. The highest BCUT2D eigenvalue weighted by molar-refractivity contribution is 6.15. The molecule has 2 aromatic heterocycles. The van der Waals surface area contributed by atoms with Gasteiger partial charge in [-0.15, -0.1) is 11.6 Å². The van der Waals surface area contributed by atoms with Crippen molar-refractivity contribution in [1.29, 1.82) is 0 Å². The van der Waals surface area contributed by atoms with Crippen LogP contribution in [0.25, 0.3) is 5.82 Å². The summed E-state index contributed by atoms with van der Waals surface area (Å²) in [5.74, 6) is 0.195. The minimum absolute atomic E-state index is 0.380. The van der Waals surface area contributed by atoms with Crippen LogP contribution >= 0.6 is 11.6 Å². The van der Waals surface area contributed by atoms with Gasteiger partial charge in [0.05, 0.1) is 12.4 Å². The van der Waals surface area contributed by atoms with Crippen LogP contribution in [0.15, 0.2) is 30.7 Å². The number of nitrogens with two attached hydrogens (primary N) is 1. The number of alkyl halides is 1. The molecule has 2 aromatic rings. The Balaban J connectivity index is 0.000000606. The van der Waals surface area contributed by atoms with E-state index in [0.717, 1.165) is 11.8 Å². The maximum atomic E-state index is 12.6. The van der Waals surface area contributed by atoms with Gasteiger partial charge in [-0.05, 0) is 11.6 Å². The van der Waals surface area contributed by atoms with Crippen LogP contribution in [0, 0.1) is 5.82 Å². The normalized spacial score (nSPS) is 9.50. The van der Waals surface area contributed by atoms with Gasteiger partial charge in [0, 0.05) is 19.1 Å². The number of nitrogens with zero attached hydrogens (tertiary/aromatic N) is 3. The van der Waals surface area contributed by atoms with Crippen molar-refractivity contribution in [3.63, 3.8) is 0 Å². The molecule has 0 saturated carbocycles. The Labute approximate surface area is 97.9 Å². The van der Waals surface area contributed by atoms with Crippen LogP contribution in [0.1, 0.15) is 5.56 Å². The number of halogens is 2. The van der Waals surface area contributed by atoms with Crippen molar-refractivity contribution in [3.8, 4) is 5.82 Å². The largest absolute Gasteiger partial charge is 0.326 e. The summed E-state index contributed by atoms with van der Waals surface area (Å²) in [5, 5.41) is 3.79. The summed E-state index contributed by atoms with van der Waals surface area (Å²) in [4.78, 5) is 4.09. The molecule has 2 N–H and O–H groups in total. The van der Waals surface area contributed by atoms with E-state index >= 15 is 0 Å². The quantitative estimate of drug-likeness (QED) is 0.816. The van der Waals surface area contributed by atoms with E-state index in [9.17, 15) is 4.39 Å². The van der Waals surface area contributed by atoms with Crippen LogP contribution in [0.4, 0.5) is 4.39 Å². The third-order valence-electron chi connectivity index (χ3n) is 1.83. The highest BCUT2D eigenvalue weighted by Crippen LogP contribution is 2.05. The van der Waals surface area contributed by atoms with Crippen molar-refractivity contribution in [2.45, 2.75) is 6.54 Å². The van der Waals surface area contributed by atoms with Gasteiger partial charge in [0.15, 0.2) is 11.6 Å². The van der Waals surface area contributed by atoms with E-state index < -0.39 is 0 Å². The molecule has 0 aromatic carbocycles. The molecule has 6 heteroatoms. The predicted molar refractivity (Wildman–Crippen MR) is 61.0 cm³/mol. The molecule has 0 saturated heterocycles. The first-order chi connectivity index (χ1) is 7.79. The van der Waals surface area contributed by atoms with Crippen molar-refractivity contribution in [2.75, 3.05) is 6.38 Å². The second kappa shape index (κ2) is 6.19. The number of rotatable bonds is 2. The van der Waals surface area contributed by atoms with E-state index in [1.165, 1.54) is 17.3 Å². The Hall–Kier alpha value is -1.46. The predicted octanol–water partition coefficient (Wildman–Crippen LogP) is 1.72. The lowest BCUT2D eigenvalue weighted by Crippen LogP contribution is -2.01. The van der Waals surface area contributed by atoms with Crippen LogP contribution in [0.3, 0.4) is 0 Å². The first-order valence-electron chi connectivity index (χ1n) is 4.53. The molecule has 0 fully saturated rings. The molecular formula is C10H12ClFN4. The Morgan fingerprint density at radius 2 is 2.12 bits per heavy atom. The van der Waals surface area contributed by atoms with E-state index in [-0.39, 0.29) is 5.82 Å². The van der Waals surface area contributed by atoms with E-state index in [1.807, 2.05) is 6.07 Å². The molecule has 0 amide bonds. The summed E-state index contributed by atoms with van der Waals surface area (Å²) in [6, 6.07) is 3.58. The topological polar surface area (TPSA) is 56.7 Å². The fraction of sp³-hybridized carbons (Fsp3) is 0.200. The molecule has 0 aliphatic rings. The van der Waals surface area contributed by atoms with Gasteiger partial charge >= 0.3 is 0 Å². The zero-order chi connectivity index (χ0) is 12.0. The monoisotopic (exact) mass is 242 g/mol. The molecule has 0 aliphatic carbocycles. The molecule has 0 bridgehead atoms. The van der Waals surface area contributed by atoms with Crippen LogP contribution in [-0.2, 0) is 6.54 Å². The Kier molecular flexibility index (Phi) is 4.88. The third kappa shape index (κ3) is 3.01. The molecule has 16 heavy (non-hydrogen) atoms. The lowest BCUT2D eigenvalue weighted by Gasteiger charge is -2.00. The summed E-state index contributed by atoms with van der Waals surface area (Å²) >= 11 is 4.64. The molecule has 0 aliphatic heterocycles. The van der Waals surface area contributed by atoms with Gasteiger partial charge < -0.3 is 5.73 Å². The van der Waals surface area contributed by atoms with Gasteiger partial charge in [0.1, 0.15) is 0 Å². The summed E-state index contributed by atoms with van der Waals surface area (Å²) in [6.45, 7) is 0.445. The van der Waals surface area contributed by atoms with Crippen LogP contribution in [0.2, 0.25) is 0 Å². The molecule has 4 nitrogen and oxygen atoms in total. The molecule has 0 atom stereocenters. The zero-order valence-electron chi connectivity index (χ0n) is 8.77. The average molecular weight is 243 g/mol. The number of aromatic nitrogens is 3.